The van der Waals surface area contributed by atoms with Crippen LogP contribution in [0.5, 0.6) is 0 Å². The van der Waals surface area contributed by atoms with Gasteiger partial charge in [-0.15, -0.1) is 0 Å². The van der Waals surface area contributed by atoms with Crippen molar-refractivity contribution < 1.29 is 9.90 Å². The molecule has 1 rings (SSSR count). The molecule has 0 aromatic heterocycles. The van der Waals surface area contributed by atoms with Crippen LogP contribution < -0.4 is 0 Å². The number of aliphatic carboxylic acids is 1. The maximum absolute atomic E-state index is 10.5. The molecule has 3 nitrogen and oxygen atoms in total. The first-order valence-electron chi connectivity index (χ1n) is 5.59. The standard InChI is InChI=1S/C13H19NO2S/c1-14(7-8-17-2)10-12-5-3-11(4-6-12)9-13(15)16/h3-6H,7-10H2,1-2H3,(H,15,16). The molecule has 1 aromatic rings. The smallest absolute Gasteiger partial charge is 0.307 e. The van der Waals surface area contributed by atoms with Gasteiger partial charge in [0.15, 0.2) is 0 Å². The van der Waals surface area contributed by atoms with Crippen LogP contribution in [-0.2, 0) is 17.8 Å². The molecule has 0 amide bonds. The van der Waals surface area contributed by atoms with Gasteiger partial charge in [0.25, 0.3) is 0 Å². The van der Waals surface area contributed by atoms with Crippen molar-refractivity contribution in [3.8, 4) is 0 Å². The summed E-state index contributed by atoms with van der Waals surface area (Å²) in [6.07, 6.45) is 2.21. The molecule has 17 heavy (non-hydrogen) atoms. The molecular weight excluding hydrogens is 234 g/mol. The number of thioether (sulfide) groups is 1. The van der Waals surface area contributed by atoms with Crippen molar-refractivity contribution in [1.29, 1.82) is 0 Å². The lowest BCUT2D eigenvalue weighted by Crippen LogP contribution is -2.20. The van der Waals surface area contributed by atoms with E-state index in [2.05, 4.69) is 18.2 Å². The minimum Gasteiger partial charge on any atom is -0.481 e. The number of benzene rings is 1. The number of carboxylic acid groups (broad SMARTS) is 1. The third-order valence-electron chi connectivity index (χ3n) is 2.51. The van der Waals surface area contributed by atoms with Crippen molar-refractivity contribution in [2.75, 3.05) is 25.6 Å². The average Bonchev–Trinajstić information content (AvgIpc) is 2.28. The third kappa shape index (κ3) is 5.75. The molecule has 1 aromatic carbocycles. The molecule has 0 unspecified atom stereocenters. The lowest BCUT2D eigenvalue weighted by atomic mass is 10.1. The molecule has 0 aliphatic rings. The Morgan fingerprint density at radius 2 is 1.88 bits per heavy atom. The third-order valence-corrected chi connectivity index (χ3v) is 3.10. The summed E-state index contributed by atoms with van der Waals surface area (Å²) < 4.78 is 0. The second-order valence-corrected chi connectivity index (χ2v) is 5.10. The van der Waals surface area contributed by atoms with E-state index in [-0.39, 0.29) is 6.42 Å². The van der Waals surface area contributed by atoms with Crippen LogP contribution >= 0.6 is 11.8 Å². The Labute approximate surface area is 107 Å². The van der Waals surface area contributed by atoms with Gasteiger partial charge in [-0.05, 0) is 24.4 Å². The van der Waals surface area contributed by atoms with Crippen molar-refractivity contribution in [2.45, 2.75) is 13.0 Å². The Bertz CT molecular complexity index is 351. The van der Waals surface area contributed by atoms with Gasteiger partial charge < -0.3 is 10.0 Å². The van der Waals surface area contributed by atoms with Gasteiger partial charge in [0.2, 0.25) is 0 Å². The van der Waals surface area contributed by atoms with E-state index >= 15 is 0 Å². The highest BCUT2D eigenvalue weighted by molar-refractivity contribution is 7.98. The van der Waals surface area contributed by atoms with Crippen LogP contribution in [0.1, 0.15) is 11.1 Å². The fourth-order valence-electron chi connectivity index (χ4n) is 1.57. The van der Waals surface area contributed by atoms with Crippen molar-refractivity contribution in [2.24, 2.45) is 0 Å². The molecule has 0 saturated heterocycles. The van der Waals surface area contributed by atoms with E-state index < -0.39 is 5.97 Å². The average molecular weight is 253 g/mol. The van der Waals surface area contributed by atoms with E-state index in [9.17, 15) is 4.79 Å². The van der Waals surface area contributed by atoms with Crippen molar-refractivity contribution in [3.05, 3.63) is 35.4 Å². The minimum absolute atomic E-state index is 0.0998. The molecule has 1 N–H and O–H groups in total. The topological polar surface area (TPSA) is 40.5 Å². The van der Waals surface area contributed by atoms with E-state index in [1.807, 2.05) is 36.0 Å². The highest BCUT2D eigenvalue weighted by atomic mass is 32.2. The predicted molar refractivity (Wildman–Crippen MR) is 72.5 cm³/mol. The van der Waals surface area contributed by atoms with Gasteiger partial charge in [-0.25, -0.2) is 0 Å². The largest absolute Gasteiger partial charge is 0.481 e. The number of carboxylic acids is 1. The van der Waals surface area contributed by atoms with Crippen molar-refractivity contribution >= 4 is 17.7 Å². The first-order valence-corrected chi connectivity index (χ1v) is 6.98. The molecule has 94 valence electrons. The fourth-order valence-corrected chi connectivity index (χ4v) is 2.07. The lowest BCUT2D eigenvalue weighted by molar-refractivity contribution is -0.136. The zero-order valence-corrected chi connectivity index (χ0v) is 11.2. The summed E-state index contributed by atoms with van der Waals surface area (Å²) in [6, 6.07) is 7.81. The van der Waals surface area contributed by atoms with Crippen LogP contribution in [0.3, 0.4) is 0 Å². The normalized spacial score (nSPS) is 10.8. The summed E-state index contributed by atoms with van der Waals surface area (Å²) >= 11 is 1.84. The molecular formula is C13H19NO2S. The Hall–Kier alpha value is -1.00. The maximum Gasteiger partial charge on any atom is 0.307 e. The monoisotopic (exact) mass is 253 g/mol. The van der Waals surface area contributed by atoms with Crippen LogP contribution in [0.15, 0.2) is 24.3 Å². The minimum atomic E-state index is -0.783. The molecule has 0 bridgehead atoms. The Morgan fingerprint density at radius 1 is 1.29 bits per heavy atom. The van der Waals surface area contributed by atoms with Crippen LogP contribution in [0.4, 0.5) is 0 Å². The first kappa shape index (κ1) is 14.1. The molecule has 0 spiro atoms. The summed E-state index contributed by atoms with van der Waals surface area (Å²) in [6.45, 7) is 1.98. The molecule has 0 fully saturated rings. The summed E-state index contributed by atoms with van der Waals surface area (Å²) in [5.41, 5.74) is 2.08. The van der Waals surface area contributed by atoms with Gasteiger partial charge in [0, 0.05) is 18.8 Å². The number of nitrogens with zero attached hydrogens (tertiary/aromatic N) is 1. The van der Waals surface area contributed by atoms with Gasteiger partial charge in [-0.1, -0.05) is 24.3 Å². The second kappa shape index (κ2) is 7.35. The van der Waals surface area contributed by atoms with E-state index in [1.54, 1.807) is 0 Å². The van der Waals surface area contributed by atoms with Crippen LogP contribution in [0.25, 0.3) is 0 Å². The molecule has 0 heterocycles. The summed E-state index contributed by atoms with van der Waals surface area (Å²) in [5, 5.41) is 8.67. The Balaban J connectivity index is 2.47. The Morgan fingerprint density at radius 3 is 2.41 bits per heavy atom. The second-order valence-electron chi connectivity index (χ2n) is 4.12. The molecule has 0 aliphatic carbocycles. The lowest BCUT2D eigenvalue weighted by Gasteiger charge is -2.16. The summed E-state index contributed by atoms with van der Waals surface area (Å²) in [4.78, 5) is 12.8. The Kier molecular flexibility index (Phi) is 6.08. The number of carbonyl (C=O) groups is 1. The molecule has 0 aliphatic heterocycles. The highest BCUT2D eigenvalue weighted by Crippen LogP contribution is 2.08. The zero-order valence-electron chi connectivity index (χ0n) is 10.3. The number of hydrogen-bond donors (Lipinski definition) is 1. The molecule has 0 atom stereocenters. The first-order chi connectivity index (χ1) is 8.11. The van der Waals surface area contributed by atoms with E-state index in [0.717, 1.165) is 24.4 Å². The summed E-state index contributed by atoms with van der Waals surface area (Å²) in [5.74, 6) is 0.350. The predicted octanol–water partition coefficient (Wildman–Crippen LogP) is 2.11. The molecule has 4 heteroatoms. The number of rotatable bonds is 7. The molecule has 0 saturated carbocycles. The van der Waals surface area contributed by atoms with Crippen molar-refractivity contribution in [1.82, 2.24) is 4.90 Å². The van der Waals surface area contributed by atoms with E-state index in [4.69, 9.17) is 5.11 Å². The maximum atomic E-state index is 10.5. The van der Waals surface area contributed by atoms with E-state index in [0.29, 0.717) is 0 Å². The van der Waals surface area contributed by atoms with Crippen LogP contribution in [-0.4, -0.2) is 41.6 Å². The quantitative estimate of drug-likeness (QED) is 0.808. The molecule has 0 radical (unpaired) electrons. The van der Waals surface area contributed by atoms with Crippen LogP contribution in [0, 0.1) is 0 Å². The van der Waals surface area contributed by atoms with E-state index in [1.165, 1.54) is 5.56 Å². The SMILES string of the molecule is CSCCN(C)Cc1ccc(CC(=O)O)cc1. The van der Waals surface area contributed by atoms with Gasteiger partial charge in [0.05, 0.1) is 6.42 Å². The van der Waals surface area contributed by atoms with Gasteiger partial charge >= 0.3 is 5.97 Å². The van der Waals surface area contributed by atoms with Gasteiger partial charge in [-0.3, -0.25) is 4.79 Å². The van der Waals surface area contributed by atoms with Crippen molar-refractivity contribution in [3.63, 3.8) is 0 Å². The van der Waals surface area contributed by atoms with Gasteiger partial charge in [0.1, 0.15) is 0 Å². The summed E-state index contributed by atoms with van der Waals surface area (Å²) in [7, 11) is 2.10. The van der Waals surface area contributed by atoms with Crippen LogP contribution in [0.2, 0.25) is 0 Å². The fraction of sp³-hybridized carbons (Fsp3) is 0.462. The zero-order chi connectivity index (χ0) is 12.7. The highest BCUT2D eigenvalue weighted by Gasteiger charge is 2.02. The van der Waals surface area contributed by atoms with Gasteiger partial charge in [-0.2, -0.15) is 11.8 Å². The number of hydrogen-bond acceptors (Lipinski definition) is 3.